The van der Waals surface area contributed by atoms with Gasteiger partial charge in [-0.25, -0.2) is 0 Å². The van der Waals surface area contributed by atoms with Crippen LogP contribution in [0.25, 0.3) is 0 Å². The molecule has 3 N–H and O–H groups in total. The van der Waals surface area contributed by atoms with Gasteiger partial charge in [-0.3, -0.25) is 11.3 Å². The van der Waals surface area contributed by atoms with Crippen molar-refractivity contribution in [1.29, 1.82) is 0 Å². The van der Waals surface area contributed by atoms with Gasteiger partial charge >= 0.3 is 12.4 Å². The maximum Gasteiger partial charge on any atom is 0.402 e. The molecule has 1 rings (SSSR count). The van der Waals surface area contributed by atoms with Gasteiger partial charge in [0.15, 0.2) is 5.92 Å². The first-order valence-electron chi connectivity index (χ1n) is 6.58. The normalized spacial score (nSPS) is 30.6. The lowest BCUT2D eigenvalue weighted by atomic mass is 9.70. The lowest BCUT2D eigenvalue weighted by Crippen LogP contribution is -2.57. The molecule has 0 spiro atoms. The third kappa shape index (κ3) is 4.00. The number of rotatable bonds is 3. The van der Waals surface area contributed by atoms with Crippen LogP contribution < -0.4 is 11.3 Å². The average Bonchev–Trinajstić information content (AvgIpc) is 2.26. The first kappa shape index (κ1) is 17.6. The number of hydrazine groups is 1. The molecule has 1 saturated carbocycles. The van der Waals surface area contributed by atoms with Crippen LogP contribution in [0.2, 0.25) is 0 Å². The largest absolute Gasteiger partial charge is 0.402 e. The highest BCUT2D eigenvalue weighted by molar-refractivity contribution is 4.92. The molecule has 0 radical (unpaired) electrons. The molecule has 0 aromatic heterocycles. The minimum absolute atomic E-state index is 0.0896. The Hall–Kier alpha value is -0.500. The first-order valence-corrected chi connectivity index (χ1v) is 6.58. The van der Waals surface area contributed by atoms with Crippen molar-refractivity contribution in [2.45, 2.75) is 51.5 Å². The van der Waals surface area contributed by atoms with Crippen LogP contribution in [0.4, 0.5) is 26.3 Å². The minimum atomic E-state index is -5.36. The maximum absolute atomic E-state index is 12.8. The van der Waals surface area contributed by atoms with Crippen LogP contribution in [0.3, 0.4) is 0 Å². The molecular weight excluding hydrogens is 286 g/mol. The Morgan fingerprint density at radius 3 is 1.80 bits per heavy atom. The molecule has 1 fully saturated rings. The molecule has 0 aromatic carbocycles. The van der Waals surface area contributed by atoms with E-state index in [4.69, 9.17) is 5.84 Å². The number of halogens is 6. The standard InChI is InChI=1S/C12H20F6N2/c1-6-3-4-8(5-7(6)2)9(20-19)10(11(13,14)15)12(16,17)18/h6-10,20H,3-5,19H2,1-2H3. The lowest BCUT2D eigenvalue weighted by molar-refractivity contribution is -0.296. The summed E-state index contributed by atoms with van der Waals surface area (Å²) >= 11 is 0. The van der Waals surface area contributed by atoms with E-state index in [1.807, 2.05) is 13.8 Å². The number of nitrogens with two attached hydrogens (primary N) is 1. The Kier molecular flexibility index (Phi) is 5.34. The summed E-state index contributed by atoms with van der Waals surface area (Å²) in [6.07, 6.45) is -9.46. The van der Waals surface area contributed by atoms with Gasteiger partial charge in [-0.15, -0.1) is 0 Å². The third-order valence-corrected chi connectivity index (χ3v) is 4.40. The summed E-state index contributed by atoms with van der Waals surface area (Å²) in [5.41, 5.74) is 1.78. The molecule has 0 saturated heterocycles. The van der Waals surface area contributed by atoms with Crippen LogP contribution in [0, 0.1) is 23.7 Å². The highest BCUT2D eigenvalue weighted by atomic mass is 19.4. The molecule has 0 aromatic rings. The van der Waals surface area contributed by atoms with Crippen LogP contribution >= 0.6 is 0 Å². The quantitative estimate of drug-likeness (QED) is 0.475. The summed E-state index contributed by atoms with van der Waals surface area (Å²) in [5.74, 6) is 1.27. The molecule has 1 aliphatic carbocycles. The second-order valence-corrected chi connectivity index (χ2v) is 5.78. The molecule has 2 nitrogen and oxygen atoms in total. The molecule has 0 bridgehead atoms. The second-order valence-electron chi connectivity index (χ2n) is 5.78. The van der Waals surface area contributed by atoms with E-state index in [-0.39, 0.29) is 5.92 Å². The number of hydrogen-bond acceptors (Lipinski definition) is 2. The van der Waals surface area contributed by atoms with Crippen LogP contribution in [-0.2, 0) is 0 Å². The summed E-state index contributed by atoms with van der Waals surface area (Å²) in [4.78, 5) is 0. The highest BCUT2D eigenvalue weighted by Gasteiger charge is 2.61. The molecule has 120 valence electrons. The smallest absolute Gasteiger partial charge is 0.271 e. The van der Waals surface area contributed by atoms with Gasteiger partial charge in [0.05, 0.1) is 0 Å². The molecular formula is C12H20F6N2. The van der Waals surface area contributed by atoms with E-state index in [9.17, 15) is 26.3 Å². The number of alkyl halides is 6. The van der Waals surface area contributed by atoms with Gasteiger partial charge in [0, 0.05) is 6.04 Å². The van der Waals surface area contributed by atoms with Crippen molar-refractivity contribution in [3.8, 4) is 0 Å². The first-order chi connectivity index (χ1) is 8.98. The maximum atomic E-state index is 12.8. The molecule has 0 aliphatic heterocycles. The van der Waals surface area contributed by atoms with Crippen molar-refractivity contribution in [3.63, 3.8) is 0 Å². The van der Waals surface area contributed by atoms with E-state index in [2.05, 4.69) is 0 Å². The van der Waals surface area contributed by atoms with Gasteiger partial charge in [-0.05, 0) is 30.6 Å². The Morgan fingerprint density at radius 1 is 0.950 bits per heavy atom. The average molecular weight is 306 g/mol. The van der Waals surface area contributed by atoms with Crippen molar-refractivity contribution < 1.29 is 26.3 Å². The molecule has 1 aliphatic rings. The molecule has 0 amide bonds. The van der Waals surface area contributed by atoms with Crippen LogP contribution in [-0.4, -0.2) is 18.4 Å². The van der Waals surface area contributed by atoms with Crippen LogP contribution in [0.5, 0.6) is 0 Å². The Morgan fingerprint density at radius 2 is 1.45 bits per heavy atom. The Labute approximate surface area is 114 Å². The van der Waals surface area contributed by atoms with Gasteiger partial charge < -0.3 is 0 Å². The summed E-state index contributed by atoms with van der Waals surface area (Å²) in [7, 11) is 0. The number of hydrogen-bond donors (Lipinski definition) is 2. The Bertz CT molecular complexity index is 300. The van der Waals surface area contributed by atoms with Gasteiger partial charge in [-0.2, -0.15) is 26.3 Å². The predicted octanol–water partition coefficient (Wildman–Crippen LogP) is 3.63. The third-order valence-electron chi connectivity index (χ3n) is 4.40. The molecule has 4 atom stereocenters. The van der Waals surface area contributed by atoms with Crippen LogP contribution in [0.15, 0.2) is 0 Å². The van der Waals surface area contributed by atoms with Gasteiger partial charge in [0.1, 0.15) is 0 Å². The lowest BCUT2D eigenvalue weighted by Gasteiger charge is -2.40. The zero-order valence-electron chi connectivity index (χ0n) is 11.4. The van der Waals surface area contributed by atoms with E-state index in [0.29, 0.717) is 25.2 Å². The van der Waals surface area contributed by atoms with E-state index in [0.717, 1.165) is 0 Å². The molecule has 0 heterocycles. The fraction of sp³-hybridized carbons (Fsp3) is 1.00. The second kappa shape index (κ2) is 6.09. The molecule has 8 heteroatoms. The van der Waals surface area contributed by atoms with Crippen LogP contribution in [0.1, 0.15) is 33.1 Å². The van der Waals surface area contributed by atoms with E-state index in [1.165, 1.54) is 0 Å². The SMILES string of the molecule is CC1CCC(C(NN)C(C(F)(F)F)C(F)(F)F)CC1C. The fourth-order valence-corrected chi connectivity index (χ4v) is 3.01. The topological polar surface area (TPSA) is 38.0 Å². The molecule has 4 unspecified atom stereocenters. The van der Waals surface area contributed by atoms with Gasteiger partial charge in [-0.1, -0.05) is 20.3 Å². The van der Waals surface area contributed by atoms with Crippen molar-refractivity contribution in [1.82, 2.24) is 5.43 Å². The van der Waals surface area contributed by atoms with Gasteiger partial charge in [0.25, 0.3) is 0 Å². The highest BCUT2D eigenvalue weighted by Crippen LogP contribution is 2.46. The van der Waals surface area contributed by atoms with E-state index < -0.39 is 30.2 Å². The summed E-state index contributed by atoms with van der Waals surface area (Å²) in [5, 5.41) is 0. The van der Waals surface area contributed by atoms with E-state index >= 15 is 0 Å². The monoisotopic (exact) mass is 306 g/mol. The summed E-state index contributed by atoms with van der Waals surface area (Å²) in [6.45, 7) is 3.80. The van der Waals surface area contributed by atoms with E-state index in [1.54, 1.807) is 5.43 Å². The predicted molar refractivity (Wildman–Crippen MR) is 62.4 cm³/mol. The summed E-state index contributed by atoms with van der Waals surface area (Å²) in [6, 6.07) is -1.83. The fourth-order valence-electron chi connectivity index (χ4n) is 3.01. The zero-order chi connectivity index (χ0) is 15.7. The van der Waals surface area contributed by atoms with Crippen molar-refractivity contribution in [3.05, 3.63) is 0 Å². The Balaban J connectivity index is 2.97. The van der Waals surface area contributed by atoms with Gasteiger partial charge in [0.2, 0.25) is 0 Å². The molecule has 20 heavy (non-hydrogen) atoms. The number of nitrogens with one attached hydrogen (secondary N) is 1. The van der Waals surface area contributed by atoms with Crippen molar-refractivity contribution >= 4 is 0 Å². The summed E-state index contributed by atoms with van der Waals surface area (Å²) < 4.78 is 76.6. The van der Waals surface area contributed by atoms with Crippen molar-refractivity contribution in [2.24, 2.45) is 29.5 Å². The minimum Gasteiger partial charge on any atom is -0.271 e. The zero-order valence-corrected chi connectivity index (χ0v) is 11.4. The van der Waals surface area contributed by atoms with Crippen molar-refractivity contribution in [2.75, 3.05) is 0 Å².